The first-order valence-electron chi connectivity index (χ1n) is 8.46. The lowest BCUT2D eigenvalue weighted by atomic mass is 9.95. The first-order chi connectivity index (χ1) is 12.5. The second kappa shape index (κ2) is 5.72. The number of piperidine rings is 1. The Morgan fingerprint density at radius 2 is 2.08 bits per heavy atom. The third kappa shape index (κ3) is 2.51. The van der Waals surface area contributed by atoms with E-state index in [9.17, 15) is 4.39 Å². The Labute approximate surface area is 160 Å². The molecule has 0 radical (unpaired) electrons. The molecule has 1 aliphatic carbocycles. The van der Waals surface area contributed by atoms with E-state index in [2.05, 4.69) is 10.2 Å². The molecule has 2 aromatic carbocycles. The molecule has 1 saturated carbocycles. The Morgan fingerprint density at radius 1 is 1.23 bits per heavy atom. The summed E-state index contributed by atoms with van der Waals surface area (Å²) >= 11 is 11.9. The van der Waals surface area contributed by atoms with E-state index in [-0.39, 0.29) is 18.0 Å². The Balaban J connectivity index is 1.31. The first-order valence-corrected chi connectivity index (χ1v) is 9.25. The molecular formula is C19H16ClFN2O2S. The van der Waals surface area contributed by atoms with E-state index in [1.165, 1.54) is 12.1 Å². The number of thiocarbonyl (C=S) groups is 1. The first kappa shape index (κ1) is 16.1. The van der Waals surface area contributed by atoms with Crippen LogP contribution >= 0.6 is 23.8 Å². The van der Waals surface area contributed by atoms with Crippen LogP contribution in [0, 0.1) is 11.7 Å². The highest BCUT2D eigenvalue weighted by Crippen LogP contribution is 2.60. The standard InChI is InChI=1S/C19H16ClFN2O2S/c20-15-5-12(21)1-3-14(15)19-7-11(19)8-23(9-19)18(26)22-13-2-4-16-17(6-13)25-10-24-16/h1-6,11H,7-10H2,(H,22,26)/t11-,19-/m0/s1. The molecule has 2 aliphatic heterocycles. The van der Waals surface area contributed by atoms with Crippen molar-refractivity contribution in [3.8, 4) is 11.5 Å². The van der Waals surface area contributed by atoms with Gasteiger partial charge in [0.05, 0.1) is 0 Å². The number of hydrogen-bond donors (Lipinski definition) is 1. The van der Waals surface area contributed by atoms with Gasteiger partial charge >= 0.3 is 0 Å². The quantitative estimate of drug-likeness (QED) is 0.778. The van der Waals surface area contributed by atoms with Gasteiger partial charge in [-0.15, -0.1) is 0 Å². The van der Waals surface area contributed by atoms with Crippen LogP contribution in [-0.2, 0) is 5.41 Å². The van der Waals surface area contributed by atoms with E-state index in [1.54, 1.807) is 0 Å². The molecule has 0 amide bonds. The molecule has 4 nitrogen and oxygen atoms in total. The normalized spacial score (nSPS) is 25.2. The average molecular weight is 391 g/mol. The van der Waals surface area contributed by atoms with Gasteiger partial charge in [-0.05, 0) is 54.4 Å². The largest absolute Gasteiger partial charge is 0.454 e. The van der Waals surface area contributed by atoms with Gasteiger partial charge in [0.15, 0.2) is 16.6 Å². The number of ether oxygens (including phenoxy) is 2. The summed E-state index contributed by atoms with van der Waals surface area (Å²) in [6.07, 6.45) is 1.07. The molecule has 5 rings (SSSR count). The van der Waals surface area contributed by atoms with Crippen molar-refractivity contribution in [2.24, 2.45) is 5.92 Å². The fourth-order valence-corrected chi connectivity index (χ4v) is 4.74. The Morgan fingerprint density at radius 3 is 2.92 bits per heavy atom. The van der Waals surface area contributed by atoms with Crippen LogP contribution in [0.5, 0.6) is 11.5 Å². The topological polar surface area (TPSA) is 33.7 Å². The van der Waals surface area contributed by atoms with E-state index in [4.69, 9.17) is 33.3 Å². The van der Waals surface area contributed by atoms with Crippen LogP contribution in [0.1, 0.15) is 12.0 Å². The summed E-state index contributed by atoms with van der Waals surface area (Å²) in [5, 5.41) is 4.45. The highest BCUT2D eigenvalue weighted by molar-refractivity contribution is 7.80. The zero-order chi connectivity index (χ0) is 17.9. The molecule has 0 spiro atoms. The predicted octanol–water partition coefficient (Wildman–Crippen LogP) is 4.18. The second-order valence-electron chi connectivity index (χ2n) is 7.06. The van der Waals surface area contributed by atoms with Gasteiger partial charge < -0.3 is 19.7 Å². The third-order valence-corrected chi connectivity index (χ3v) is 6.20. The number of anilines is 1. The van der Waals surface area contributed by atoms with Crippen LogP contribution in [0.4, 0.5) is 10.1 Å². The molecule has 0 bridgehead atoms. The molecule has 1 saturated heterocycles. The number of nitrogens with zero attached hydrogens (tertiary/aromatic N) is 1. The molecule has 1 N–H and O–H groups in total. The Hall–Kier alpha value is -2.05. The minimum Gasteiger partial charge on any atom is -0.454 e. The van der Waals surface area contributed by atoms with Gasteiger partial charge in [0, 0.05) is 35.3 Å². The summed E-state index contributed by atoms with van der Waals surface area (Å²) in [4.78, 5) is 2.16. The SMILES string of the molecule is Fc1ccc([C@]23C[C@H]2CN(C(=S)Nc2ccc4c(c2)OCO4)C3)c(Cl)c1. The number of nitrogens with one attached hydrogen (secondary N) is 1. The van der Waals surface area contributed by atoms with E-state index in [1.807, 2.05) is 24.3 Å². The summed E-state index contributed by atoms with van der Waals surface area (Å²) in [6.45, 7) is 1.92. The van der Waals surface area contributed by atoms with Gasteiger partial charge in [0.25, 0.3) is 0 Å². The van der Waals surface area contributed by atoms with Gasteiger partial charge in [-0.25, -0.2) is 4.39 Å². The maximum Gasteiger partial charge on any atom is 0.231 e. The van der Waals surface area contributed by atoms with Crippen molar-refractivity contribution in [2.45, 2.75) is 11.8 Å². The zero-order valence-corrected chi connectivity index (χ0v) is 15.4. The minimum absolute atomic E-state index is 0.00852. The maximum absolute atomic E-state index is 13.4. The summed E-state index contributed by atoms with van der Waals surface area (Å²) < 4.78 is 24.1. The molecule has 0 unspecified atom stereocenters. The van der Waals surface area contributed by atoms with Gasteiger partial charge in [-0.2, -0.15) is 0 Å². The van der Waals surface area contributed by atoms with Crippen LogP contribution in [0.15, 0.2) is 36.4 Å². The van der Waals surface area contributed by atoms with Crippen molar-refractivity contribution >= 4 is 34.6 Å². The monoisotopic (exact) mass is 390 g/mol. The molecule has 7 heteroatoms. The van der Waals surface area contributed by atoms with Crippen LogP contribution in [0.25, 0.3) is 0 Å². The summed E-state index contributed by atoms with van der Waals surface area (Å²) in [6, 6.07) is 10.4. The number of fused-ring (bicyclic) bond motifs is 2. The van der Waals surface area contributed by atoms with Crippen molar-refractivity contribution in [1.29, 1.82) is 0 Å². The molecule has 0 aromatic heterocycles. The Kier molecular flexibility index (Phi) is 3.56. The molecular weight excluding hydrogens is 375 g/mol. The highest BCUT2D eigenvalue weighted by Gasteiger charge is 2.61. The highest BCUT2D eigenvalue weighted by atomic mass is 35.5. The van der Waals surface area contributed by atoms with Crippen molar-refractivity contribution in [2.75, 3.05) is 25.2 Å². The number of rotatable bonds is 2. The van der Waals surface area contributed by atoms with E-state index >= 15 is 0 Å². The van der Waals surface area contributed by atoms with Crippen LogP contribution in [-0.4, -0.2) is 29.9 Å². The van der Waals surface area contributed by atoms with Gasteiger partial charge in [-0.3, -0.25) is 0 Å². The van der Waals surface area contributed by atoms with Crippen molar-refractivity contribution in [3.63, 3.8) is 0 Å². The maximum atomic E-state index is 13.4. The fourth-order valence-electron chi connectivity index (χ4n) is 4.12. The summed E-state index contributed by atoms with van der Waals surface area (Å²) in [5.74, 6) is 1.66. The van der Waals surface area contributed by atoms with E-state index < -0.39 is 0 Å². The smallest absolute Gasteiger partial charge is 0.231 e. The molecule has 26 heavy (non-hydrogen) atoms. The lowest BCUT2D eigenvalue weighted by Crippen LogP contribution is -2.36. The second-order valence-corrected chi connectivity index (χ2v) is 7.85. The van der Waals surface area contributed by atoms with Crippen molar-refractivity contribution in [3.05, 3.63) is 52.8 Å². The van der Waals surface area contributed by atoms with Crippen LogP contribution in [0.3, 0.4) is 0 Å². The third-order valence-electron chi connectivity index (χ3n) is 5.52. The number of benzene rings is 2. The average Bonchev–Trinajstić information content (AvgIpc) is 2.95. The number of halogens is 2. The molecule has 3 aliphatic rings. The van der Waals surface area contributed by atoms with Crippen molar-refractivity contribution < 1.29 is 13.9 Å². The number of hydrogen-bond acceptors (Lipinski definition) is 3. The predicted molar refractivity (Wildman–Crippen MR) is 102 cm³/mol. The van der Waals surface area contributed by atoms with Crippen molar-refractivity contribution in [1.82, 2.24) is 4.90 Å². The summed E-state index contributed by atoms with van der Waals surface area (Å²) in [5.41, 5.74) is 1.89. The Bertz CT molecular complexity index is 924. The molecule has 2 atom stereocenters. The minimum atomic E-state index is -0.304. The van der Waals surface area contributed by atoms with Crippen LogP contribution < -0.4 is 14.8 Å². The van der Waals surface area contributed by atoms with E-state index in [0.717, 1.165) is 42.3 Å². The van der Waals surface area contributed by atoms with Gasteiger partial charge in [-0.1, -0.05) is 17.7 Å². The fraction of sp³-hybridized carbons (Fsp3) is 0.316. The van der Waals surface area contributed by atoms with E-state index in [0.29, 0.717) is 16.1 Å². The molecule has 2 aromatic rings. The molecule has 134 valence electrons. The number of likely N-dealkylation sites (tertiary alicyclic amines) is 1. The molecule has 2 heterocycles. The molecule has 2 fully saturated rings. The zero-order valence-electron chi connectivity index (χ0n) is 13.8. The lowest BCUT2D eigenvalue weighted by Gasteiger charge is -2.25. The van der Waals surface area contributed by atoms with Gasteiger partial charge in [0.2, 0.25) is 6.79 Å². The summed E-state index contributed by atoms with van der Waals surface area (Å²) in [7, 11) is 0. The lowest BCUT2D eigenvalue weighted by molar-refractivity contribution is 0.174. The van der Waals surface area contributed by atoms with Crippen LogP contribution in [0.2, 0.25) is 5.02 Å². The van der Waals surface area contributed by atoms with Gasteiger partial charge in [0.1, 0.15) is 5.82 Å².